The van der Waals surface area contributed by atoms with Gasteiger partial charge in [-0.05, 0) is 36.6 Å². The summed E-state index contributed by atoms with van der Waals surface area (Å²) in [5, 5.41) is 5.69. The minimum Gasteiger partial charge on any atom is -0.357 e. The van der Waals surface area contributed by atoms with Crippen LogP contribution in [0.5, 0.6) is 0 Å². The Bertz CT molecular complexity index is 849. The molecule has 1 atom stereocenters. The second-order valence-corrected chi connectivity index (χ2v) is 6.76. The van der Waals surface area contributed by atoms with E-state index in [9.17, 15) is 13.6 Å². The highest BCUT2D eigenvalue weighted by Crippen LogP contribution is 2.32. The van der Waals surface area contributed by atoms with Crippen molar-refractivity contribution in [3.8, 4) is 0 Å². The molecular weight excluding hydrogens is 352 g/mol. The molecule has 0 bridgehead atoms. The number of piperidine rings is 1. The minimum absolute atomic E-state index is 0.0512. The summed E-state index contributed by atoms with van der Waals surface area (Å²) in [6.45, 7) is 1.33. The summed E-state index contributed by atoms with van der Waals surface area (Å²) in [6.07, 6.45) is 7.48. The van der Waals surface area contributed by atoms with Gasteiger partial charge in [0.1, 0.15) is 17.5 Å². The van der Waals surface area contributed by atoms with Crippen molar-refractivity contribution < 1.29 is 13.6 Å². The number of hydrogen-bond acceptors (Lipinski definition) is 5. The van der Waals surface area contributed by atoms with Crippen LogP contribution in [0.3, 0.4) is 0 Å². The van der Waals surface area contributed by atoms with Crippen LogP contribution in [-0.4, -0.2) is 40.2 Å². The number of hydrazone groups is 1. The number of pyridine rings is 2. The molecule has 1 fully saturated rings. The molecule has 0 aromatic carbocycles. The van der Waals surface area contributed by atoms with E-state index in [-0.39, 0.29) is 23.7 Å². The number of rotatable bonds is 3. The van der Waals surface area contributed by atoms with E-state index < -0.39 is 5.82 Å². The fraction of sp³-hybridized carbons (Fsp3) is 0.368. The smallest absolute Gasteiger partial charge is 0.246 e. The van der Waals surface area contributed by atoms with Gasteiger partial charge in [0.05, 0.1) is 18.4 Å². The van der Waals surface area contributed by atoms with Crippen LogP contribution in [0.15, 0.2) is 41.9 Å². The number of amides is 1. The summed E-state index contributed by atoms with van der Waals surface area (Å²) in [5.41, 5.74) is 0.647. The average Bonchev–Trinajstić information content (AvgIpc) is 3.18. The second kappa shape index (κ2) is 7.38. The van der Waals surface area contributed by atoms with Crippen LogP contribution in [0.1, 0.15) is 30.9 Å². The van der Waals surface area contributed by atoms with Gasteiger partial charge in [0.2, 0.25) is 5.91 Å². The molecule has 1 saturated heterocycles. The number of carbonyl (C=O) groups is 1. The van der Waals surface area contributed by atoms with Crippen LogP contribution in [0.2, 0.25) is 0 Å². The van der Waals surface area contributed by atoms with Gasteiger partial charge in [0.25, 0.3) is 0 Å². The molecule has 0 aliphatic carbocycles. The van der Waals surface area contributed by atoms with Crippen molar-refractivity contribution >= 4 is 17.9 Å². The van der Waals surface area contributed by atoms with Gasteiger partial charge in [-0.2, -0.15) is 5.10 Å². The van der Waals surface area contributed by atoms with Gasteiger partial charge in [-0.15, -0.1) is 0 Å². The van der Waals surface area contributed by atoms with E-state index in [1.54, 1.807) is 18.5 Å². The van der Waals surface area contributed by atoms with Crippen LogP contribution in [0, 0.1) is 17.6 Å². The number of nitrogens with zero attached hydrogens (tertiary/aromatic N) is 5. The van der Waals surface area contributed by atoms with Gasteiger partial charge in [-0.25, -0.2) is 18.8 Å². The van der Waals surface area contributed by atoms with Gasteiger partial charge >= 0.3 is 0 Å². The Labute approximate surface area is 155 Å². The third-order valence-corrected chi connectivity index (χ3v) is 5.05. The lowest BCUT2D eigenvalue weighted by Gasteiger charge is -2.34. The van der Waals surface area contributed by atoms with Crippen LogP contribution in [0.25, 0.3) is 0 Å². The first-order valence-electron chi connectivity index (χ1n) is 8.94. The number of halogens is 2. The van der Waals surface area contributed by atoms with E-state index in [1.165, 1.54) is 23.3 Å². The standard InChI is InChI=1S/C19H19F2N5O/c20-15-1-2-18(23-12-15)25-7-4-13(5-8-25)19(27)26-17(3-6-24-26)14-9-16(21)11-22-10-14/h1-2,6,9-13,17H,3-5,7-8H2. The van der Waals surface area contributed by atoms with E-state index in [2.05, 4.69) is 15.1 Å². The Morgan fingerprint density at radius 1 is 1.07 bits per heavy atom. The van der Waals surface area contributed by atoms with Crippen LogP contribution < -0.4 is 4.90 Å². The molecule has 140 valence electrons. The van der Waals surface area contributed by atoms with Gasteiger partial charge in [-0.1, -0.05) is 0 Å². The predicted molar refractivity (Wildman–Crippen MR) is 96.0 cm³/mol. The number of carbonyl (C=O) groups excluding carboxylic acids is 1. The molecule has 8 heteroatoms. The van der Waals surface area contributed by atoms with Crippen LogP contribution in [-0.2, 0) is 4.79 Å². The van der Waals surface area contributed by atoms with Crippen molar-refractivity contribution in [2.24, 2.45) is 11.0 Å². The Balaban J connectivity index is 1.41. The Morgan fingerprint density at radius 2 is 1.89 bits per heavy atom. The number of anilines is 1. The van der Waals surface area contributed by atoms with Crippen molar-refractivity contribution in [3.05, 3.63) is 54.0 Å². The van der Waals surface area contributed by atoms with E-state index in [0.717, 1.165) is 6.20 Å². The van der Waals surface area contributed by atoms with Gasteiger partial charge < -0.3 is 4.90 Å². The molecule has 2 aromatic heterocycles. The van der Waals surface area contributed by atoms with Crippen LogP contribution >= 0.6 is 0 Å². The Morgan fingerprint density at radius 3 is 2.59 bits per heavy atom. The monoisotopic (exact) mass is 371 g/mol. The zero-order chi connectivity index (χ0) is 18.8. The van der Waals surface area contributed by atoms with Crippen molar-refractivity contribution in [1.82, 2.24) is 15.0 Å². The van der Waals surface area contributed by atoms with E-state index in [0.29, 0.717) is 43.7 Å². The number of aromatic nitrogens is 2. The molecule has 2 aromatic rings. The average molecular weight is 371 g/mol. The molecular formula is C19H19F2N5O. The first-order chi connectivity index (χ1) is 13.1. The van der Waals surface area contributed by atoms with E-state index >= 15 is 0 Å². The minimum atomic E-state index is -0.424. The Hall–Kier alpha value is -2.90. The normalized spacial score (nSPS) is 20.3. The highest BCUT2D eigenvalue weighted by molar-refractivity contribution is 5.82. The molecule has 1 amide bonds. The zero-order valence-electron chi connectivity index (χ0n) is 14.6. The van der Waals surface area contributed by atoms with Crippen LogP contribution in [0.4, 0.5) is 14.6 Å². The van der Waals surface area contributed by atoms with Crippen molar-refractivity contribution in [3.63, 3.8) is 0 Å². The fourth-order valence-corrected chi connectivity index (χ4v) is 3.61. The van der Waals surface area contributed by atoms with E-state index in [4.69, 9.17) is 0 Å². The topological polar surface area (TPSA) is 61.7 Å². The van der Waals surface area contributed by atoms with Gasteiger partial charge in [-0.3, -0.25) is 9.78 Å². The highest BCUT2D eigenvalue weighted by atomic mass is 19.1. The molecule has 4 rings (SSSR count). The summed E-state index contributed by atoms with van der Waals surface area (Å²) >= 11 is 0. The molecule has 2 aliphatic rings. The summed E-state index contributed by atoms with van der Waals surface area (Å²) < 4.78 is 26.5. The maximum Gasteiger partial charge on any atom is 0.246 e. The molecule has 2 aliphatic heterocycles. The Kier molecular flexibility index (Phi) is 4.79. The molecule has 6 nitrogen and oxygen atoms in total. The lowest BCUT2D eigenvalue weighted by molar-refractivity contribution is -0.138. The van der Waals surface area contributed by atoms with E-state index in [1.807, 2.05) is 4.90 Å². The maximum absolute atomic E-state index is 13.5. The van der Waals surface area contributed by atoms with Gasteiger partial charge in [0.15, 0.2) is 0 Å². The third kappa shape index (κ3) is 3.65. The first-order valence-corrected chi connectivity index (χ1v) is 8.94. The largest absolute Gasteiger partial charge is 0.357 e. The molecule has 0 radical (unpaired) electrons. The lowest BCUT2D eigenvalue weighted by Crippen LogP contribution is -2.41. The number of hydrogen-bond donors (Lipinski definition) is 0. The maximum atomic E-state index is 13.5. The fourth-order valence-electron chi connectivity index (χ4n) is 3.61. The summed E-state index contributed by atoms with van der Waals surface area (Å²) in [6, 6.07) is 4.12. The first kappa shape index (κ1) is 17.5. The SMILES string of the molecule is O=C(C1CCN(c2ccc(F)cn2)CC1)N1N=CCC1c1cncc(F)c1. The summed E-state index contributed by atoms with van der Waals surface area (Å²) in [7, 11) is 0. The van der Waals surface area contributed by atoms with Gasteiger partial charge in [0, 0.05) is 37.8 Å². The zero-order valence-corrected chi connectivity index (χ0v) is 14.6. The molecule has 4 heterocycles. The second-order valence-electron chi connectivity index (χ2n) is 6.76. The summed E-state index contributed by atoms with van der Waals surface area (Å²) in [5.74, 6) is -0.281. The predicted octanol–water partition coefficient (Wildman–Crippen LogP) is 2.93. The van der Waals surface area contributed by atoms with Crippen molar-refractivity contribution in [2.75, 3.05) is 18.0 Å². The molecule has 27 heavy (non-hydrogen) atoms. The summed E-state index contributed by atoms with van der Waals surface area (Å²) in [4.78, 5) is 23.0. The molecule has 0 N–H and O–H groups in total. The molecule has 1 unspecified atom stereocenters. The van der Waals surface area contributed by atoms with Crippen molar-refractivity contribution in [1.29, 1.82) is 0 Å². The highest BCUT2D eigenvalue weighted by Gasteiger charge is 2.35. The molecule has 0 spiro atoms. The quantitative estimate of drug-likeness (QED) is 0.832. The molecule has 0 saturated carbocycles. The lowest BCUT2D eigenvalue weighted by atomic mass is 9.94. The third-order valence-electron chi connectivity index (χ3n) is 5.05. The van der Waals surface area contributed by atoms with Crippen molar-refractivity contribution in [2.45, 2.75) is 25.3 Å².